The van der Waals surface area contributed by atoms with E-state index >= 15 is 0 Å². The normalized spacial score (nSPS) is 11.3. The van der Waals surface area contributed by atoms with Gasteiger partial charge >= 0.3 is 11.9 Å². The zero-order chi connectivity index (χ0) is 21.9. The number of rotatable bonds is 6. The highest BCUT2D eigenvalue weighted by atomic mass is 32.2. The molecule has 0 atom stereocenters. The molecular weight excluding hydrogens is 408 g/mol. The van der Waals surface area contributed by atoms with Crippen LogP contribution in [0.3, 0.4) is 0 Å². The minimum atomic E-state index is -3.70. The van der Waals surface area contributed by atoms with Gasteiger partial charge < -0.3 is 9.47 Å². The van der Waals surface area contributed by atoms with Crippen LogP contribution in [0.15, 0.2) is 53.4 Å². The number of pyridine rings is 1. The summed E-state index contributed by atoms with van der Waals surface area (Å²) in [5, 5.41) is 0.790. The first kappa shape index (κ1) is 21.4. The molecule has 1 heterocycles. The highest BCUT2D eigenvalue weighted by Crippen LogP contribution is 2.24. The molecule has 0 bridgehead atoms. The van der Waals surface area contributed by atoms with Gasteiger partial charge in [-0.3, -0.25) is 0 Å². The molecule has 0 fully saturated rings. The number of methoxy groups -OCH3 is 1. The SMILES string of the molecule is CNS(=O)(=O)c1cccc(C(=O)OCc2nc3ccccc3c(C)c2C(=O)OC)c1. The number of sulfonamides is 1. The second kappa shape index (κ2) is 8.60. The minimum absolute atomic E-state index is 0.0588. The summed E-state index contributed by atoms with van der Waals surface area (Å²) in [6.45, 7) is 1.49. The predicted molar refractivity (Wildman–Crippen MR) is 110 cm³/mol. The molecule has 2 aromatic carbocycles. The van der Waals surface area contributed by atoms with Crippen molar-refractivity contribution in [2.24, 2.45) is 0 Å². The second-order valence-corrected chi connectivity index (χ2v) is 8.27. The van der Waals surface area contributed by atoms with E-state index in [1.165, 1.54) is 38.4 Å². The van der Waals surface area contributed by atoms with Crippen molar-refractivity contribution in [2.45, 2.75) is 18.4 Å². The van der Waals surface area contributed by atoms with Crippen LogP contribution in [0.4, 0.5) is 0 Å². The molecule has 30 heavy (non-hydrogen) atoms. The summed E-state index contributed by atoms with van der Waals surface area (Å²) in [5.74, 6) is -1.33. The number of carbonyl (C=O) groups excluding carboxylic acids is 2. The Balaban J connectivity index is 1.93. The van der Waals surface area contributed by atoms with Gasteiger partial charge in [-0.15, -0.1) is 0 Å². The Morgan fingerprint density at radius 3 is 2.50 bits per heavy atom. The van der Waals surface area contributed by atoms with E-state index in [1.54, 1.807) is 13.0 Å². The van der Waals surface area contributed by atoms with Crippen LogP contribution in [0, 0.1) is 6.92 Å². The van der Waals surface area contributed by atoms with Crippen LogP contribution in [-0.4, -0.2) is 39.5 Å². The highest BCUT2D eigenvalue weighted by molar-refractivity contribution is 7.89. The van der Waals surface area contributed by atoms with Crippen LogP contribution in [0.5, 0.6) is 0 Å². The average Bonchev–Trinajstić information content (AvgIpc) is 2.77. The predicted octanol–water partition coefficient (Wildman–Crippen LogP) is 2.59. The van der Waals surface area contributed by atoms with E-state index in [2.05, 4.69) is 9.71 Å². The number of aromatic nitrogens is 1. The first-order valence-electron chi connectivity index (χ1n) is 8.95. The summed E-state index contributed by atoms with van der Waals surface area (Å²) in [6.07, 6.45) is 0. The topological polar surface area (TPSA) is 112 Å². The van der Waals surface area contributed by atoms with Crippen LogP contribution in [0.2, 0.25) is 0 Å². The van der Waals surface area contributed by atoms with E-state index < -0.39 is 22.0 Å². The van der Waals surface area contributed by atoms with Crippen molar-refractivity contribution in [1.29, 1.82) is 0 Å². The monoisotopic (exact) mass is 428 g/mol. The Labute approximate surface area is 173 Å². The third kappa shape index (κ3) is 4.17. The minimum Gasteiger partial charge on any atom is -0.465 e. The summed E-state index contributed by atoms with van der Waals surface area (Å²) in [4.78, 5) is 29.2. The number of hydrogen-bond donors (Lipinski definition) is 1. The summed E-state index contributed by atoms with van der Waals surface area (Å²) in [6, 6.07) is 12.8. The van der Waals surface area contributed by atoms with E-state index in [4.69, 9.17) is 9.47 Å². The van der Waals surface area contributed by atoms with Crippen molar-refractivity contribution in [2.75, 3.05) is 14.2 Å². The largest absolute Gasteiger partial charge is 0.465 e. The van der Waals surface area contributed by atoms with Crippen molar-refractivity contribution >= 4 is 32.9 Å². The summed E-state index contributed by atoms with van der Waals surface area (Å²) in [5.41, 5.74) is 1.86. The van der Waals surface area contributed by atoms with Crippen LogP contribution in [0.25, 0.3) is 10.9 Å². The molecule has 9 heteroatoms. The van der Waals surface area contributed by atoms with Crippen molar-refractivity contribution in [3.05, 3.63) is 70.9 Å². The molecular formula is C21H20N2O6S. The molecule has 1 N–H and O–H groups in total. The molecule has 0 spiro atoms. The Kier molecular flexibility index (Phi) is 6.14. The number of fused-ring (bicyclic) bond motifs is 1. The van der Waals surface area contributed by atoms with E-state index in [9.17, 15) is 18.0 Å². The van der Waals surface area contributed by atoms with Crippen LogP contribution >= 0.6 is 0 Å². The second-order valence-electron chi connectivity index (χ2n) is 6.38. The number of aryl methyl sites for hydroxylation is 1. The molecule has 1 aromatic heterocycles. The third-order valence-electron chi connectivity index (χ3n) is 4.61. The first-order chi connectivity index (χ1) is 14.3. The number of benzene rings is 2. The zero-order valence-corrected chi connectivity index (χ0v) is 17.4. The highest BCUT2D eigenvalue weighted by Gasteiger charge is 2.21. The Bertz CT molecular complexity index is 1240. The number of nitrogens with zero attached hydrogens (tertiary/aromatic N) is 1. The maximum absolute atomic E-state index is 12.5. The fraction of sp³-hybridized carbons (Fsp3) is 0.190. The number of para-hydroxylation sites is 1. The van der Waals surface area contributed by atoms with E-state index in [1.807, 2.05) is 18.2 Å². The molecule has 0 aliphatic heterocycles. The van der Waals surface area contributed by atoms with Gasteiger partial charge in [0.2, 0.25) is 10.0 Å². The molecule has 0 unspecified atom stereocenters. The molecule has 8 nitrogen and oxygen atoms in total. The number of esters is 2. The van der Waals surface area contributed by atoms with Gasteiger partial charge in [0.25, 0.3) is 0 Å². The van der Waals surface area contributed by atoms with Crippen LogP contribution in [0.1, 0.15) is 32.0 Å². The maximum atomic E-state index is 12.5. The molecule has 0 saturated carbocycles. The van der Waals surface area contributed by atoms with E-state index in [0.717, 1.165) is 5.39 Å². The average molecular weight is 428 g/mol. The molecule has 0 aliphatic rings. The molecule has 3 rings (SSSR count). The Morgan fingerprint density at radius 2 is 1.80 bits per heavy atom. The lowest BCUT2D eigenvalue weighted by Gasteiger charge is -2.13. The fourth-order valence-corrected chi connectivity index (χ4v) is 3.82. The first-order valence-corrected chi connectivity index (χ1v) is 10.4. The fourth-order valence-electron chi connectivity index (χ4n) is 3.04. The third-order valence-corrected chi connectivity index (χ3v) is 6.02. The lowest BCUT2D eigenvalue weighted by atomic mass is 10.0. The van der Waals surface area contributed by atoms with Crippen molar-refractivity contribution < 1.29 is 27.5 Å². The zero-order valence-electron chi connectivity index (χ0n) is 16.6. The Hall–Kier alpha value is -3.30. The van der Waals surface area contributed by atoms with Crippen LogP contribution < -0.4 is 4.72 Å². The molecule has 156 valence electrons. The number of nitrogens with one attached hydrogen (secondary N) is 1. The van der Waals surface area contributed by atoms with Gasteiger partial charge in [-0.2, -0.15) is 0 Å². The number of ether oxygens (including phenoxy) is 2. The van der Waals surface area contributed by atoms with Crippen molar-refractivity contribution in [3.63, 3.8) is 0 Å². The standard InChI is InChI=1S/C21H20N2O6S/c1-13-16-9-4-5-10-17(16)23-18(19(13)21(25)28-3)12-29-20(24)14-7-6-8-15(11-14)30(26,27)22-2/h4-11,22H,12H2,1-3H3. The van der Waals surface area contributed by atoms with Crippen molar-refractivity contribution in [3.8, 4) is 0 Å². The Morgan fingerprint density at radius 1 is 1.07 bits per heavy atom. The smallest absolute Gasteiger partial charge is 0.340 e. The van der Waals surface area contributed by atoms with Gasteiger partial charge in [-0.1, -0.05) is 24.3 Å². The summed E-state index contributed by atoms with van der Waals surface area (Å²) in [7, 11) is -1.16. The van der Waals surface area contributed by atoms with E-state index in [0.29, 0.717) is 11.1 Å². The quantitative estimate of drug-likeness (QED) is 0.601. The summed E-state index contributed by atoms with van der Waals surface area (Å²) < 4.78 is 36.3. The maximum Gasteiger partial charge on any atom is 0.340 e. The summed E-state index contributed by atoms with van der Waals surface area (Å²) >= 11 is 0. The van der Waals surface area contributed by atoms with Crippen molar-refractivity contribution in [1.82, 2.24) is 9.71 Å². The van der Waals surface area contributed by atoms with Gasteiger partial charge in [0, 0.05) is 5.39 Å². The van der Waals surface area contributed by atoms with Gasteiger partial charge in [-0.25, -0.2) is 27.7 Å². The molecule has 0 saturated heterocycles. The van der Waals surface area contributed by atoms with Gasteiger partial charge in [-0.05, 0) is 43.8 Å². The lowest BCUT2D eigenvalue weighted by molar-refractivity contribution is 0.0455. The van der Waals surface area contributed by atoms with E-state index in [-0.39, 0.29) is 28.3 Å². The van der Waals surface area contributed by atoms with Gasteiger partial charge in [0.1, 0.15) is 6.61 Å². The van der Waals surface area contributed by atoms with Gasteiger partial charge in [0.05, 0.1) is 34.3 Å². The molecule has 0 radical (unpaired) electrons. The number of carbonyl (C=O) groups is 2. The lowest BCUT2D eigenvalue weighted by Crippen LogP contribution is -2.19. The van der Waals surface area contributed by atoms with Gasteiger partial charge in [0.15, 0.2) is 0 Å². The molecule has 3 aromatic rings. The van der Waals surface area contributed by atoms with Crippen LogP contribution in [-0.2, 0) is 26.1 Å². The molecule has 0 aliphatic carbocycles. The number of hydrogen-bond acceptors (Lipinski definition) is 7. The molecule has 0 amide bonds.